The molecule has 0 atom stereocenters. The van der Waals surface area contributed by atoms with Crippen LogP contribution in [-0.2, 0) is 20.4 Å². The molecule has 0 fully saturated rings. The number of rotatable bonds is 4. The molecule has 2 N–H and O–H groups in total. The quantitative estimate of drug-likeness (QED) is 0.219. The second kappa shape index (κ2) is 13.6. The molecular weight excluding hydrogens is 600 g/mol. The molecule has 0 radical (unpaired) electrons. The lowest BCUT2D eigenvalue weighted by molar-refractivity contribution is -0.130. The number of furan rings is 2. The second-order valence-corrected chi connectivity index (χ2v) is 13.8. The molecule has 0 saturated heterocycles. The highest BCUT2D eigenvalue weighted by molar-refractivity contribution is 6.01. The van der Waals surface area contributed by atoms with E-state index >= 15 is 0 Å². The Morgan fingerprint density at radius 2 is 0.771 bits per heavy atom. The fraction of sp³-hybridized carbons (Fsp3) is 0.190. The van der Waals surface area contributed by atoms with E-state index in [2.05, 4.69) is 90.1 Å². The predicted octanol–water partition coefficient (Wildman–Crippen LogP) is 6.85. The van der Waals surface area contributed by atoms with Crippen molar-refractivity contribution in [3.8, 4) is 0 Å². The maximum Gasteiger partial charge on any atom is 0.332 e. The van der Waals surface area contributed by atoms with Gasteiger partial charge in [-0.05, 0) is 45.2 Å². The number of hydrogen-bond donors (Lipinski definition) is 2. The highest BCUT2D eigenvalue weighted by Crippen LogP contribution is 2.23. The normalized spacial score (nSPS) is 13.6. The Morgan fingerprint density at radius 3 is 1.04 bits per heavy atom. The standard InChI is InChI=1S/2C21H20O3/c2*1-21(2,3)15-10-8-14(9-11-15)12-18-16-6-4-5-7-17(16)19(24-18)13-20(22)23/h2*4-13H,1-3H3,(H,22,23)/b2*18-12-,19-13-. The summed E-state index contributed by atoms with van der Waals surface area (Å²) in [5.41, 5.74) is 6.87. The first-order chi connectivity index (χ1) is 22.7. The van der Waals surface area contributed by atoms with Gasteiger partial charge in [-0.15, -0.1) is 0 Å². The third-order valence-electron chi connectivity index (χ3n) is 8.01. The molecule has 0 aliphatic rings. The van der Waals surface area contributed by atoms with Crippen LogP contribution in [0.3, 0.4) is 0 Å². The SMILES string of the molecule is CC(C)(C)c1ccc(/C=c2\o/c(=C\C(=O)O)c3ccccc23)cc1.CC(C)(C)c1ccc(/C=c2\o/c(=C\C(=O)O)c3ccccc23)cc1. The van der Waals surface area contributed by atoms with Gasteiger partial charge >= 0.3 is 11.9 Å². The molecule has 2 heterocycles. The minimum Gasteiger partial charge on any atom is -0.478 e. The monoisotopic (exact) mass is 640 g/mol. The molecule has 0 unspecified atom stereocenters. The Hall–Kier alpha value is -5.62. The molecule has 0 spiro atoms. The second-order valence-electron chi connectivity index (χ2n) is 13.8. The third-order valence-corrected chi connectivity index (χ3v) is 8.01. The van der Waals surface area contributed by atoms with E-state index in [-0.39, 0.29) is 10.8 Å². The van der Waals surface area contributed by atoms with Crippen molar-refractivity contribution in [2.45, 2.75) is 52.4 Å². The van der Waals surface area contributed by atoms with E-state index < -0.39 is 11.9 Å². The highest BCUT2D eigenvalue weighted by Gasteiger charge is 2.14. The van der Waals surface area contributed by atoms with Crippen LogP contribution in [0.2, 0.25) is 0 Å². The van der Waals surface area contributed by atoms with E-state index in [1.54, 1.807) is 0 Å². The maximum absolute atomic E-state index is 11.0. The summed E-state index contributed by atoms with van der Waals surface area (Å²) in [6.07, 6.45) is 6.08. The van der Waals surface area contributed by atoms with Crippen molar-refractivity contribution >= 4 is 57.8 Å². The summed E-state index contributed by atoms with van der Waals surface area (Å²) in [6.45, 7) is 13.1. The maximum atomic E-state index is 11.0. The largest absolute Gasteiger partial charge is 0.478 e. The molecule has 244 valence electrons. The number of fused-ring (bicyclic) bond motifs is 2. The fourth-order valence-electron chi connectivity index (χ4n) is 5.40. The van der Waals surface area contributed by atoms with Crippen LogP contribution in [0.1, 0.15) is 63.8 Å². The lowest BCUT2D eigenvalue weighted by atomic mass is 9.87. The number of hydrogen-bond acceptors (Lipinski definition) is 4. The van der Waals surface area contributed by atoms with Crippen LogP contribution in [0.25, 0.3) is 45.8 Å². The van der Waals surface area contributed by atoms with E-state index in [1.165, 1.54) is 11.1 Å². The smallest absolute Gasteiger partial charge is 0.332 e. The van der Waals surface area contributed by atoms with E-state index in [0.717, 1.165) is 44.8 Å². The summed E-state index contributed by atoms with van der Waals surface area (Å²) in [5, 5.41) is 21.4. The van der Waals surface area contributed by atoms with E-state index in [1.807, 2.05) is 60.7 Å². The summed E-state index contributed by atoms with van der Waals surface area (Å²) < 4.78 is 11.6. The average molecular weight is 641 g/mol. The summed E-state index contributed by atoms with van der Waals surface area (Å²) >= 11 is 0. The molecule has 48 heavy (non-hydrogen) atoms. The minimum atomic E-state index is -1.02. The van der Waals surface area contributed by atoms with Gasteiger partial charge in [-0.1, -0.05) is 139 Å². The molecule has 6 rings (SSSR count). The summed E-state index contributed by atoms with van der Waals surface area (Å²) in [4.78, 5) is 22.0. The Labute approximate surface area is 279 Å². The number of carbonyl (C=O) groups is 2. The van der Waals surface area contributed by atoms with Crippen LogP contribution in [0.5, 0.6) is 0 Å². The van der Waals surface area contributed by atoms with Crippen LogP contribution in [0.4, 0.5) is 0 Å². The third kappa shape index (κ3) is 8.02. The number of benzene rings is 4. The molecule has 4 aromatic carbocycles. The van der Waals surface area contributed by atoms with Crippen LogP contribution in [0, 0.1) is 0 Å². The number of carboxylic acid groups (broad SMARTS) is 2. The molecule has 6 aromatic rings. The Morgan fingerprint density at radius 1 is 0.479 bits per heavy atom. The summed E-state index contributed by atoms with van der Waals surface area (Å²) in [7, 11) is 0. The molecular formula is C42H40O6. The zero-order valence-corrected chi connectivity index (χ0v) is 28.1. The molecule has 0 aliphatic heterocycles. The van der Waals surface area contributed by atoms with Gasteiger partial charge in [-0.2, -0.15) is 0 Å². The van der Waals surface area contributed by atoms with Crippen LogP contribution in [-0.4, -0.2) is 22.2 Å². The van der Waals surface area contributed by atoms with Gasteiger partial charge in [0.05, 0.1) is 12.2 Å². The minimum absolute atomic E-state index is 0.111. The predicted molar refractivity (Wildman–Crippen MR) is 193 cm³/mol. The fourth-order valence-corrected chi connectivity index (χ4v) is 5.40. The van der Waals surface area contributed by atoms with Crippen molar-refractivity contribution in [2.75, 3.05) is 0 Å². The zero-order valence-electron chi connectivity index (χ0n) is 28.1. The van der Waals surface area contributed by atoms with Crippen molar-refractivity contribution in [3.05, 3.63) is 141 Å². The number of aliphatic carboxylic acids is 2. The molecule has 0 saturated carbocycles. The van der Waals surface area contributed by atoms with E-state index in [4.69, 9.17) is 19.0 Å². The van der Waals surface area contributed by atoms with Crippen LogP contribution >= 0.6 is 0 Å². The van der Waals surface area contributed by atoms with Crippen molar-refractivity contribution in [2.24, 2.45) is 0 Å². The van der Waals surface area contributed by atoms with Gasteiger partial charge in [-0.3, -0.25) is 0 Å². The van der Waals surface area contributed by atoms with Gasteiger partial charge in [0, 0.05) is 21.5 Å². The highest BCUT2D eigenvalue weighted by atomic mass is 16.4. The Kier molecular flexibility index (Phi) is 9.57. The molecule has 2 aromatic heterocycles. The Balaban J connectivity index is 0.000000188. The number of carboxylic acids is 2. The van der Waals surface area contributed by atoms with Crippen molar-refractivity contribution in [1.29, 1.82) is 0 Å². The van der Waals surface area contributed by atoms with Crippen LogP contribution < -0.4 is 21.7 Å². The first-order valence-corrected chi connectivity index (χ1v) is 15.8. The van der Waals surface area contributed by atoms with E-state index in [9.17, 15) is 9.59 Å². The van der Waals surface area contributed by atoms with Crippen molar-refractivity contribution in [3.63, 3.8) is 0 Å². The molecule has 0 amide bonds. The zero-order chi connectivity index (χ0) is 34.6. The van der Waals surface area contributed by atoms with Crippen molar-refractivity contribution < 1.29 is 28.6 Å². The average Bonchev–Trinajstić information content (AvgIpc) is 3.54. The lowest BCUT2D eigenvalue weighted by Crippen LogP contribution is -2.10. The van der Waals surface area contributed by atoms with Crippen molar-refractivity contribution in [1.82, 2.24) is 0 Å². The first kappa shape index (κ1) is 33.7. The van der Waals surface area contributed by atoms with Gasteiger partial charge in [0.2, 0.25) is 0 Å². The molecule has 0 aliphatic carbocycles. The van der Waals surface area contributed by atoms with Gasteiger partial charge in [-0.25, -0.2) is 9.59 Å². The summed E-state index contributed by atoms with van der Waals surface area (Å²) in [5.74, 6) is -2.04. The van der Waals surface area contributed by atoms with Gasteiger partial charge < -0.3 is 19.0 Å². The lowest BCUT2D eigenvalue weighted by Gasteiger charge is -2.18. The van der Waals surface area contributed by atoms with Gasteiger partial charge in [0.1, 0.15) is 21.7 Å². The van der Waals surface area contributed by atoms with Gasteiger partial charge in [0.15, 0.2) is 0 Å². The van der Waals surface area contributed by atoms with Crippen LogP contribution in [0.15, 0.2) is 106 Å². The van der Waals surface area contributed by atoms with E-state index in [0.29, 0.717) is 21.7 Å². The molecule has 6 nitrogen and oxygen atoms in total. The topological polar surface area (TPSA) is 101 Å². The molecule has 6 heteroatoms. The Bertz CT molecular complexity index is 2170. The summed E-state index contributed by atoms with van der Waals surface area (Å²) in [6, 6.07) is 31.9. The molecule has 0 bridgehead atoms. The first-order valence-electron chi connectivity index (χ1n) is 15.8. The van der Waals surface area contributed by atoms with Gasteiger partial charge in [0.25, 0.3) is 0 Å².